The molecular formula is C22H29NO. The molecule has 0 amide bonds. The summed E-state index contributed by atoms with van der Waals surface area (Å²) in [4.78, 5) is 12.8. The number of nitrogens with one attached hydrogen (secondary N) is 1. The van der Waals surface area contributed by atoms with Crippen molar-refractivity contribution in [1.82, 2.24) is 5.32 Å². The fraction of sp³-hybridized carbons (Fsp3) is 0.409. The Hall–Kier alpha value is -1.93. The summed E-state index contributed by atoms with van der Waals surface area (Å²) < 4.78 is 0. The molecule has 1 atom stereocenters. The van der Waals surface area contributed by atoms with Crippen LogP contribution >= 0.6 is 0 Å². The Labute approximate surface area is 146 Å². The Bertz CT molecular complexity index is 638. The molecule has 1 N–H and O–H groups in total. The minimum atomic E-state index is -0.253. The molecule has 0 saturated heterocycles. The van der Waals surface area contributed by atoms with Crippen molar-refractivity contribution in [3.8, 4) is 0 Å². The van der Waals surface area contributed by atoms with Gasteiger partial charge in [-0.25, -0.2) is 0 Å². The zero-order valence-corrected chi connectivity index (χ0v) is 15.3. The Balaban J connectivity index is 2.12. The van der Waals surface area contributed by atoms with E-state index in [2.05, 4.69) is 57.3 Å². The lowest BCUT2D eigenvalue weighted by atomic mass is 9.86. The van der Waals surface area contributed by atoms with Crippen molar-refractivity contribution in [1.29, 1.82) is 0 Å². The summed E-state index contributed by atoms with van der Waals surface area (Å²) in [6, 6.07) is 18.4. The van der Waals surface area contributed by atoms with Gasteiger partial charge in [0.2, 0.25) is 0 Å². The van der Waals surface area contributed by atoms with Crippen molar-refractivity contribution in [3.05, 3.63) is 71.3 Å². The van der Waals surface area contributed by atoms with E-state index in [4.69, 9.17) is 0 Å². The van der Waals surface area contributed by atoms with Crippen LogP contribution in [0.2, 0.25) is 0 Å². The minimum Gasteiger partial charge on any atom is -0.300 e. The summed E-state index contributed by atoms with van der Waals surface area (Å²) in [5.41, 5.74) is 3.57. The van der Waals surface area contributed by atoms with E-state index >= 15 is 0 Å². The molecule has 0 aromatic heterocycles. The molecule has 0 aliphatic heterocycles. The van der Waals surface area contributed by atoms with Crippen LogP contribution < -0.4 is 5.32 Å². The molecule has 2 aromatic carbocycles. The SMILES string of the molecule is CCc1ccc(CNC(C(=O)CC(C)(C)C)c2ccccc2)cc1. The topological polar surface area (TPSA) is 29.1 Å². The van der Waals surface area contributed by atoms with Crippen molar-refractivity contribution in [2.45, 2.75) is 53.1 Å². The quantitative estimate of drug-likeness (QED) is 0.769. The first-order chi connectivity index (χ1) is 11.4. The lowest BCUT2D eigenvalue weighted by Crippen LogP contribution is -2.30. The van der Waals surface area contributed by atoms with Gasteiger partial charge in [-0.15, -0.1) is 0 Å². The summed E-state index contributed by atoms with van der Waals surface area (Å²) >= 11 is 0. The van der Waals surface area contributed by atoms with Gasteiger partial charge in [-0.3, -0.25) is 10.1 Å². The molecule has 24 heavy (non-hydrogen) atoms. The highest BCUT2D eigenvalue weighted by atomic mass is 16.1. The maximum absolute atomic E-state index is 12.8. The van der Waals surface area contributed by atoms with Crippen molar-refractivity contribution >= 4 is 5.78 Å². The Morgan fingerprint density at radius 1 is 0.958 bits per heavy atom. The first kappa shape index (κ1) is 18.4. The molecule has 0 heterocycles. The van der Waals surface area contributed by atoms with E-state index in [1.54, 1.807) is 0 Å². The molecule has 2 rings (SSSR count). The standard InChI is InChI=1S/C22H29NO/c1-5-17-11-13-18(14-12-17)16-23-21(19-9-7-6-8-10-19)20(24)15-22(2,3)4/h6-14,21,23H,5,15-16H2,1-4H3. The third-order valence-electron chi connectivity index (χ3n) is 4.10. The molecule has 0 saturated carbocycles. The molecule has 0 radical (unpaired) electrons. The molecule has 2 heteroatoms. The average molecular weight is 323 g/mol. The number of rotatable bonds is 7. The average Bonchev–Trinajstić information content (AvgIpc) is 2.55. The minimum absolute atomic E-state index is 0.00539. The van der Waals surface area contributed by atoms with E-state index in [0.717, 1.165) is 12.0 Å². The number of Topliss-reactive ketones (excluding diaryl/α,β-unsaturated/α-hetero) is 1. The van der Waals surface area contributed by atoms with Gasteiger partial charge in [-0.2, -0.15) is 0 Å². The number of aryl methyl sites for hydroxylation is 1. The number of carbonyl (C=O) groups excluding carboxylic acids is 1. The maximum atomic E-state index is 12.8. The van der Waals surface area contributed by atoms with E-state index in [1.807, 2.05) is 30.3 Å². The molecular weight excluding hydrogens is 294 g/mol. The van der Waals surface area contributed by atoms with Crippen LogP contribution in [-0.2, 0) is 17.8 Å². The van der Waals surface area contributed by atoms with E-state index in [1.165, 1.54) is 11.1 Å². The highest BCUT2D eigenvalue weighted by molar-refractivity contribution is 5.85. The predicted octanol–water partition coefficient (Wildman–Crippen LogP) is 5.09. The summed E-state index contributed by atoms with van der Waals surface area (Å²) in [7, 11) is 0. The van der Waals surface area contributed by atoms with Crippen molar-refractivity contribution in [2.75, 3.05) is 0 Å². The summed E-state index contributed by atoms with van der Waals surface area (Å²) in [5.74, 6) is 0.249. The van der Waals surface area contributed by atoms with Gasteiger partial charge < -0.3 is 0 Å². The van der Waals surface area contributed by atoms with Gasteiger partial charge in [0, 0.05) is 13.0 Å². The van der Waals surface area contributed by atoms with Gasteiger partial charge >= 0.3 is 0 Å². The normalized spacial score (nSPS) is 12.8. The number of hydrogen-bond donors (Lipinski definition) is 1. The smallest absolute Gasteiger partial charge is 0.154 e. The van der Waals surface area contributed by atoms with Crippen LogP contribution in [0.4, 0.5) is 0 Å². The lowest BCUT2D eigenvalue weighted by Gasteiger charge is -2.23. The Morgan fingerprint density at radius 2 is 1.54 bits per heavy atom. The first-order valence-corrected chi connectivity index (χ1v) is 8.78. The summed E-state index contributed by atoms with van der Waals surface area (Å²) in [5, 5.41) is 3.46. The Morgan fingerprint density at radius 3 is 2.08 bits per heavy atom. The summed E-state index contributed by atoms with van der Waals surface area (Å²) in [6.45, 7) is 9.17. The molecule has 0 spiro atoms. The second-order valence-corrected chi connectivity index (χ2v) is 7.60. The van der Waals surface area contributed by atoms with Crippen molar-refractivity contribution in [2.24, 2.45) is 5.41 Å². The number of hydrogen-bond acceptors (Lipinski definition) is 2. The molecule has 128 valence electrons. The largest absolute Gasteiger partial charge is 0.300 e. The van der Waals surface area contributed by atoms with E-state index < -0.39 is 0 Å². The summed E-state index contributed by atoms with van der Waals surface area (Å²) in [6.07, 6.45) is 1.61. The van der Waals surface area contributed by atoms with Gasteiger partial charge in [0.05, 0.1) is 6.04 Å². The molecule has 2 nitrogen and oxygen atoms in total. The maximum Gasteiger partial charge on any atom is 0.154 e. The van der Waals surface area contributed by atoms with E-state index in [9.17, 15) is 4.79 Å². The van der Waals surface area contributed by atoms with E-state index in [0.29, 0.717) is 13.0 Å². The highest BCUT2D eigenvalue weighted by Gasteiger charge is 2.24. The third kappa shape index (κ3) is 5.61. The van der Waals surface area contributed by atoms with Gasteiger partial charge in [-0.1, -0.05) is 82.3 Å². The van der Waals surface area contributed by atoms with Crippen LogP contribution in [-0.4, -0.2) is 5.78 Å². The first-order valence-electron chi connectivity index (χ1n) is 8.78. The van der Waals surface area contributed by atoms with Gasteiger partial charge in [0.1, 0.15) is 0 Å². The Kier molecular flexibility index (Phi) is 6.33. The van der Waals surface area contributed by atoms with E-state index in [-0.39, 0.29) is 17.2 Å². The molecule has 2 aromatic rings. The zero-order chi connectivity index (χ0) is 17.6. The fourth-order valence-electron chi connectivity index (χ4n) is 2.80. The van der Waals surface area contributed by atoms with Crippen molar-refractivity contribution < 1.29 is 4.79 Å². The molecule has 0 bridgehead atoms. The monoisotopic (exact) mass is 323 g/mol. The fourth-order valence-corrected chi connectivity index (χ4v) is 2.80. The van der Waals surface area contributed by atoms with Crippen LogP contribution in [0.5, 0.6) is 0 Å². The van der Waals surface area contributed by atoms with Gasteiger partial charge in [0.25, 0.3) is 0 Å². The number of carbonyl (C=O) groups is 1. The van der Waals surface area contributed by atoms with Gasteiger partial charge in [-0.05, 0) is 28.5 Å². The third-order valence-corrected chi connectivity index (χ3v) is 4.10. The van der Waals surface area contributed by atoms with Crippen LogP contribution in [0.15, 0.2) is 54.6 Å². The predicted molar refractivity (Wildman–Crippen MR) is 101 cm³/mol. The van der Waals surface area contributed by atoms with Crippen LogP contribution in [0.3, 0.4) is 0 Å². The number of benzene rings is 2. The molecule has 0 aliphatic rings. The zero-order valence-electron chi connectivity index (χ0n) is 15.3. The van der Waals surface area contributed by atoms with Crippen LogP contribution in [0.25, 0.3) is 0 Å². The highest BCUT2D eigenvalue weighted by Crippen LogP contribution is 2.25. The van der Waals surface area contributed by atoms with Gasteiger partial charge in [0.15, 0.2) is 5.78 Å². The van der Waals surface area contributed by atoms with Crippen molar-refractivity contribution in [3.63, 3.8) is 0 Å². The molecule has 0 fully saturated rings. The van der Waals surface area contributed by atoms with Crippen LogP contribution in [0.1, 0.15) is 56.8 Å². The molecule has 1 unspecified atom stereocenters. The van der Waals surface area contributed by atoms with Crippen LogP contribution in [0, 0.1) is 5.41 Å². The second kappa shape index (κ2) is 8.25. The number of ketones is 1. The molecule has 0 aliphatic carbocycles. The lowest BCUT2D eigenvalue weighted by molar-refractivity contribution is -0.123. The second-order valence-electron chi connectivity index (χ2n) is 7.60.